The number of rotatable bonds is 2. The summed E-state index contributed by atoms with van der Waals surface area (Å²) in [4.78, 5) is 4.20. The normalized spacial score (nSPS) is 10.2. The van der Waals surface area contributed by atoms with Crippen molar-refractivity contribution in [2.75, 3.05) is 5.73 Å². The number of nitrogens with zero attached hydrogens (tertiary/aromatic N) is 3. The number of nitrogen functional groups attached to an aromatic ring is 1. The molecular weight excluding hydrogens is 176 g/mol. The van der Waals surface area contributed by atoms with Gasteiger partial charge in [-0.25, -0.2) is 4.98 Å². The number of nitrogens with two attached hydrogens (primary N) is 1. The highest BCUT2D eigenvalue weighted by Gasteiger charge is 2.05. The monoisotopic (exact) mass is 186 g/mol. The fraction of sp³-hybridized carbons (Fsp3) is 0.200. The summed E-state index contributed by atoms with van der Waals surface area (Å²) in [5.41, 5.74) is 7.60. The molecule has 0 aliphatic carbocycles. The van der Waals surface area contributed by atoms with E-state index in [0.717, 1.165) is 11.0 Å². The second-order valence-corrected chi connectivity index (χ2v) is 3.02. The van der Waals surface area contributed by atoms with Gasteiger partial charge in [-0.1, -0.05) is 12.1 Å². The molecule has 0 atom stereocenters. The fourth-order valence-corrected chi connectivity index (χ4v) is 1.49. The van der Waals surface area contributed by atoms with E-state index in [4.69, 9.17) is 11.0 Å². The summed E-state index contributed by atoms with van der Waals surface area (Å²) in [6, 6.07) is 9.82. The summed E-state index contributed by atoms with van der Waals surface area (Å²) in [5.74, 6) is 0.474. The van der Waals surface area contributed by atoms with Crippen molar-refractivity contribution >= 4 is 17.0 Å². The molecule has 0 aliphatic rings. The first-order valence-corrected chi connectivity index (χ1v) is 4.40. The zero-order valence-corrected chi connectivity index (χ0v) is 7.64. The molecule has 2 N–H and O–H groups in total. The first-order chi connectivity index (χ1) is 6.83. The Kier molecular flexibility index (Phi) is 2.07. The maximum atomic E-state index is 8.50. The van der Waals surface area contributed by atoms with Crippen LogP contribution < -0.4 is 5.73 Å². The molecule has 1 aromatic heterocycles. The Morgan fingerprint density at radius 1 is 1.43 bits per heavy atom. The molecule has 70 valence electrons. The van der Waals surface area contributed by atoms with Crippen LogP contribution in [0, 0.1) is 11.3 Å². The van der Waals surface area contributed by atoms with Crippen LogP contribution in [0.25, 0.3) is 11.0 Å². The lowest BCUT2D eigenvalue weighted by molar-refractivity contribution is 0.747. The van der Waals surface area contributed by atoms with Gasteiger partial charge in [0.2, 0.25) is 5.95 Å². The van der Waals surface area contributed by atoms with E-state index >= 15 is 0 Å². The van der Waals surface area contributed by atoms with Gasteiger partial charge in [0.1, 0.15) is 0 Å². The van der Waals surface area contributed by atoms with Crippen molar-refractivity contribution in [1.29, 1.82) is 5.26 Å². The molecule has 0 bridgehead atoms. The predicted octanol–water partition coefficient (Wildman–Crippen LogP) is 1.53. The summed E-state index contributed by atoms with van der Waals surface area (Å²) < 4.78 is 1.86. The van der Waals surface area contributed by atoms with Gasteiger partial charge in [0.15, 0.2) is 0 Å². The zero-order chi connectivity index (χ0) is 9.97. The van der Waals surface area contributed by atoms with Crippen LogP contribution in [0.4, 0.5) is 5.95 Å². The number of nitriles is 1. The molecule has 0 saturated heterocycles. The number of para-hydroxylation sites is 2. The molecule has 0 saturated carbocycles. The van der Waals surface area contributed by atoms with E-state index in [1.54, 1.807) is 0 Å². The zero-order valence-electron chi connectivity index (χ0n) is 7.64. The number of fused-ring (bicyclic) bond motifs is 1. The Bertz CT molecular complexity index is 492. The predicted molar refractivity (Wildman–Crippen MR) is 54.4 cm³/mol. The van der Waals surface area contributed by atoms with Crippen molar-refractivity contribution in [3.05, 3.63) is 24.3 Å². The van der Waals surface area contributed by atoms with E-state index in [0.29, 0.717) is 18.9 Å². The van der Waals surface area contributed by atoms with Crippen LogP contribution in [0.2, 0.25) is 0 Å². The minimum atomic E-state index is 0.449. The van der Waals surface area contributed by atoms with E-state index in [1.165, 1.54) is 0 Å². The van der Waals surface area contributed by atoms with Crippen LogP contribution in [0.1, 0.15) is 6.42 Å². The van der Waals surface area contributed by atoms with E-state index < -0.39 is 0 Å². The van der Waals surface area contributed by atoms with Gasteiger partial charge in [-0.2, -0.15) is 5.26 Å². The fourth-order valence-electron chi connectivity index (χ4n) is 1.49. The number of imidazole rings is 1. The minimum absolute atomic E-state index is 0.449. The van der Waals surface area contributed by atoms with Crippen molar-refractivity contribution in [3.63, 3.8) is 0 Å². The molecule has 4 nitrogen and oxygen atoms in total. The highest BCUT2D eigenvalue weighted by molar-refractivity contribution is 5.78. The van der Waals surface area contributed by atoms with Crippen LogP contribution in [0.3, 0.4) is 0 Å². The second kappa shape index (κ2) is 3.38. The van der Waals surface area contributed by atoms with Crippen LogP contribution in [-0.2, 0) is 6.54 Å². The lowest BCUT2D eigenvalue weighted by atomic mass is 10.3. The third-order valence-electron chi connectivity index (χ3n) is 2.13. The Hall–Kier alpha value is -2.02. The molecule has 0 aliphatic heterocycles. The van der Waals surface area contributed by atoms with Gasteiger partial charge < -0.3 is 10.3 Å². The van der Waals surface area contributed by atoms with Crippen molar-refractivity contribution in [2.45, 2.75) is 13.0 Å². The minimum Gasteiger partial charge on any atom is -0.369 e. The van der Waals surface area contributed by atoms with Gasteiger partial charge in [-0.15, -0.1) is 0 Å². The third kappa shape index (κ3) is 1.29. The largest absolute Gasteiger partial charge is 0.369 e. The molecular formula is C10H10N4. The Labute approximate surface area is 81.6 Å². The topological polar surface area (TPSA) is 67.6 Å². The van der Waals surface area contributed by atoms with Crippen molar-refractivity contribution in [1.82, 2.24) is 9.55 Å². The smallest absolute Gasteiger partial charge is 0.201 e. The van der Waals surface area contributed by atoms with Crippen molar-refractivity contribution in [3.8, 4) is 6.07 Å². The average molecular weight is 186 g/mol. The number of hydrogen-bond acceptors (Lipinski definition) is 3. The SMILES string of the molecule is N#CCCn1c(N)nc2ccccc21. The van der Waals surface area contributed by atoms with Crippen LogP contribution in [-0.4, -0.2) is 9.55 Å². The Morgan fingerprint density at radius 2 is 2.21 bits per heavy atom. The molecule has 14 heavy (non-hydrogen) atoms. The summed E-state index contributed by atoms with van der Waals surface area (Å²) >= 11 is 0. The van der Waals surface area contributed by atoms with Crippen LogP contribution in [0.5, 0.6) is 0 Å². The van der Waals surface area contributed by atoms with Crippen LogP contribution in [0.15, 0.2) is 24.3 Å². The summed E-state index contributed by atoms with van der Waals surface area (Å²) in [7, 11) is 0. The molecule has 0 unspecified atom stereocenters. The molecule has 0 fully saturated rings. The summed E-state index contributed by atoms with van der Waals surface area (Å²) in [6.07, 6.45) is 0.449. The van der Waals surface area contributed by atoms with E-state index in [9.17, 15) is 0 Å². The van der Waals surface area contributed by atoms with Gasteiger partial charge in [-0.05, 0) is 12.1 Å². The van der Waals surface area contributed by atoms with Crippen molar-refractivity contribution in [2.24, 2.45) is 0 Å². The lowest BCUT2D eigenvalue weighted by Gasteiger charge is -2.01. The average Bonchev–Trinajstić information content (AvgIpc) is 2.51. The maximum Gasteiger partial charge on any atom is 0.201 e. The number of benzene rings is 1. The van der Waals surface area contributed by atoms with Gasteiger partial charge in [0.25, 0.3) is 0 Å². The van der Waals surface area contributed by atoms with Crippen molar-refractivity contribution < 1.29 is 0 Å². The number of hydrogen-bond donors (Lipinski definition) is 1. The molecule has 1 heterocycles. The molecule has 2 aromatic rings. The lowest BCUT2D eigenvalue weighted by Crippen LogP contribution is -2.02. The third-order valence-corrected chi connectivity index (χ3v) is 2.13. The quantitative estimate of drug-likeness (QED) is 0.773. The molecule has 0 spiro atoms. The highest BCUT2D eigenvalue weighted by atomic mass is 15.1. The number of aromatic nitrogens is 2. The van der Waals surface area contributed by atoms with Gasteiger partial charge in [0, 0.05) is 6.54 Å². The molecule has 0 radical (unpaired) electrons. The highest BCUT2D eigenvalue weighted by Crippen LogP contribution is 2.17. The van der Waals surface area contributed by atoms with E-state index in [-0.39, 0.29) is 0 Å². The molecule has 0 amide bonds. The standard InChI is InChI=1S/C10H10N4/c11-6-3-7-14-9-5-2-1-4-8(9)13-10(14)12/h1-2,4-5H,3,7H2,(H2,12,13). The molecule has 1 aromatic carbocycles. The van der Waals surface area contributed by atoms with Gasteiger partial charge in [0.05, 0.1) is 23.5 Å². The summed E-state index contributed by atoms with van der Waals surface area (Å²) in [5, 5.41) is 8.50. The van der Waals surface area contributed by atoms with Crippen LogP contribution >= 0.6 is 0 Å². The molecule has 4 heteroatoms. The van der Waals surface area contributed by atoms with Gasteiger partial charge >= 0.3 is 0 Å². The van der Waals surface area contributed by atoms with E-state index in [2.05, 4.69) is 11.1 Å². The first kappa shape index (κ1) is 8.57. The molecule has 2 rings (SSSR count). The van der Waals surface area contributed by atoms with E-state index in [1.807, 2.05) is 28.8 Å². The number of anilines is 1. The Morgan fingerprint density at radius 3 is 3.00 bits per heavy atom. The second-order valence-electron chi connectivity index (χ2n) is 3.02. The number of aryl methyl sites for hydroxylation is 1. The maximum absolute atomic E-state index is 8.50. The Balaban J connectivity index is 2.52. The van der Waals surface area contributed by atoms with Gasteiger partial charge in [-0.3, -0.25) is 0 Å². The first-order valence-electron chi connectivity index (χ1n) is 4.40. The summed E-state index contributed by atoms with van der Waals surface area (Å²) in [6.45, 7) is 0.600.